The maximum Gasteiger partial charge on any atom is 0.296 e. The predicted octanol–water partition coefficient (Wildman–Crippen LogP) is 1.75. The Bertz CT molecular complexity index is 1170. The van der Waals surface area contributed by atoms with E-state index in [1.165, 1.54) is 0 Å². The molecule has 2 unspecified atom stereocenters. The lowest BCUT2D eigenvalue weighted by molar-refractivity contribution is -0.139. The zero-order valence-corrected chi connectivity index (χ0v) is 22.2. The highest BCUT2D eigenvalue weighted by molar-refractivity contribution is 7.91. The molecule has 1 saturated heterocycles. The first-order valence-electron chi connectivity index (χ1n) is 12.4. The number of carbonyl (C=O) groups excluding carboxylic acids is 3. The van der Waals surface area contributed by atoms with Crippen molar-refractivity contribution in [1.82, 2.24) is 20.4 Å². The molecule has 1 aromatic heterocycles. The van der Waals surface area contributed by atoms with E-state index in [-0.39, 0.29) is 42.1 Å². The molecule has 2 aromatic rings. The Morgan fingerprint density at radius 2 is 1.76 bits per heavy atom. The number of hydrogen-bond acceptors (Lipinski definition) is 9. The maximum absolute atomic E-state index is 13.3. The van der Waals surface area contributed by atoms with Crippen LogP contribution >= 0.6 is 0 Å². The number of amides is 2. The van der Waals surface area contributed by atoms with Gasteiger partial charge in [0.05, 0.1) is 36.7 Å². The Kier molecular flexibility index (Phi) is 9.93. The number of Topliss-reactive ketones (excluding diaryl/α,β-unsaturated/α-hetero) is 1. The highest BCUT2D eigenvalue weighted by Gasteiger charge is 2.34. The van der Waals surface area contributed by atoms with Crippen LogP contribution in [0.5, 0.6) is 0 Å². The summed E-state index contributed by atoms with van der Waals surface area (Å²) in [6, 6.07) is 7.95. The van der Waals surface area contributed by atoms with Gasteiger partial charge in [-0.2, -0.15) is 4.98 Å². The molecule has 3 rings (SSSR count). The van der Waals surface area contributed by atoms with E-state index in [0.29, 0.717) is 31.9 Å². The number of hydrogen-bond donors (Lipinski definition) is 1. The minimum atomic E-state index is -3.63. The molecule has 12 heteroatoms. The number of nitrogens with zero attached hydrogens (tertiary/aromatic N) is 3. The Hall–Kier alpha value is -3.12. The van der Waals surface area contributed by atoms with Gasteiger partial charge >= 0.3 is 0 Å². The zero-order valence-electron chi connectivity index (χ0n) is 21.4. The number of ether oxygens (including phenoxy) is 1. The smallest absolute Gasteiger partial charge is 0.296 e. The van der Waals surface area contributed by atoms with Gasteiger partial charge < -0.3 is 19.5 Å². The normalized spacial score (nSPS) is 15.8. The van der Waals surface area contributed by atoms with Crippen LogP contribution in [0, 0.1) is 11.8 Å². The van der Waals surface area contributed by atoms with Gasteiger partial charge in [-0.05, 0) is 12.3 Å². The Balaban J connectivity index is 1.75. The summed E-state index contributed by atoms with van der Waals surface area (Å²) in [6.45, 7) is 6.76. The van der Waals surface area contributed by atoms with E-state index in [1.807, 2.05) is 6.07 Å². The van der Waals surface area contributed by atoms with Crippen LogP contribution in [-0.2, 0) is 24.2 Å². The molecule has 0 bridgehead atoms. The average Bonchev–Trinajstić information content (AvgIpc) is 3.37. The number of benzene rings is 1. The van der Waals surface area contributed by atoms with E-state index in [4.69, 9.17) is 9.26 Å². The molecule has 202 valence electrons. The van der Waals surface area contributed by atoms with Crippen molar-refractivity contribution in [2.75, 3.05) is 37.8 Å². The van der Waals surface area contributed by atoms with Gasteiger partial charge in [0, 0.05) is 25.1 Å². The van der Waals surface area contributed by atoms with Crippen LogP contribution in [0.25, 0.3) is 11.4 Å². The lowest BCUT2D eigenvalue weighted by Gasteiger charge is -2.28. The molecule has 1 N–H and O–H groups in total. The predicted molar refractivity (Wildman–Crippen MR) is 135 cm³/mol. The fourth-order valence-electron chi connectivity index (χ4n) is 4.08. The van der Waals surface area contributed by atoms with Gasteiger partial charge in [0.2, 0.25) is 23.4 Å². The first-order valence-corrected chi connectivity index (χ1v) is 14.2. The fraction of sp³-hybridized carbons (Fsp3) is 0.560. The third kappa shape index (κ3) is 8.19. The van der Waals surface area contributed by atoms with E-state index in [2.05, 4.69) is 15.5 Å². The van der Waals surface area contributed by atoms with E-state index in [0.717, 1.165) is 0 Å². The van der Waals surface area contributed by atoms with E-state index < -0.39 is 39.2 Å². The summed E-state index contributed by atoms with van der Waals surface area (Å²) in [6.07, 6.45) is -0.0804. The second-order valence-corrected chi connectivity index (χ2v) is 11.6. The first kappa shape index (κ1) is 28.5. The highest BCUT2D eigenvalue weighted by atomic mass is 32.2. The van der Waals surface area contributed by atoms with Crippen molar-refractivity contribution >= 4 is 27.4 Å². The average molecular weight is 535 g/mol. The number of rotatable bonds is 12. The molecule has 2 heterocycles. The van der Waals surface area contributed by atoms with E-state index in [1.54, 1.807) is 49.9 Å². The summed E-state index contributed by atoms with van der Waals surface area (Å²) >= 11 is 0. The topological polar surface area (TPSA) is 149 Å². The van der Waals surface area contributed by atoms with Crippen LogP contribution in [0.15, 0.2) is 34.9 Å². The monoisotopic (exact) mass is 534 g/mol. The summed E-state index contributed by atoms with van der Waals surface area (Å²) < 4.78 is 35.9. The molecule has 1 aliphatic heterocycles. The van der Waals surface area contributed by atoms with Crippen LogP contribution in [0.2, 0.25) is 0 Å². The van der Waals surface area contributed by atoms with Gasteiger partial charge in [-0.1, -0.05) is 56.3 Å². The third-order valence-corrected chi connectivity index (χ3v) is 7.99. The van der Waals surface area contributed by atoms with Crippen molar-refractivity contribution in [2.45, 2.75) is 39.7 Å². The molecule has 11 nitrogen and oxygen atoms in total. The van der Waals surface area contributed by atoms with Crippen LogP contribution in [0.4, 0.5) is 0 Å². The van der Waals surface area contributed by atoms with E-state index >= 15 is 0 Å². The summed E-state index contributed by atoms with van der Waals surface area (Å²) in [5.41, 5.74) is 0.666. The minimum Gasteiger partial charge on any atom is -0.378 e. The third-order valence-electron chi connectivity index (χ3n) is 5.91. The van der Waals surface area contributed by atoms with Gasteiger partial charge in [-0.3, -0.25) is 14.4 Å². The minimum absolute atomic E-state index is 0.108. The molecular formula is C25H34N4O7S. The molecular weight excluding hydrogens is 500 g/mol. The standard InChI is InChI=1S/C25H34N4O7S/c1-4-20(22(31)25-27-23(28-36-25)18-8-6-5-7-9-18)26-24(32)19(16-37(33,34)15-17(2)3)14-21(30)29-10-12-35-13-11-29/h5-9,17,19-20H,4,10-16H2,1-3H3,(H,26,32). The molecule has 2 atom stereocenters. The Morgan fingerprint density at radius 3 is 2.38 bits per heavy atom. The fourth-order valence-corrected chi connectivity index (χ4v) is 6.12. The Morgan fingerprint density at radius 1 is 1.08 bits per heavy atom. The molecule has 0 aliphatic carbocycles. The van der Waals surface area contributed by atoms with Crippen LogP contribution < -0.4 is 5.32 Å². The lowest BCUT2D eigenvalue weighted by Crippen LogP contribution is -2.47. The van der Waals surface area contributed by atoms with Crippen molar-refractivity contribution < 1.29 is 32.1 Å². The molecule has 0 saturated carbocycles. The van der Waals surface area contributed by atoms with Gasteiger partial charge in [-0.15, -0.1) is 0 Å². The molecule has 2 amide bonds. The summed E-state index contributed by atoms with van der Waals surface area (Å²) in [5.74, 6) is -3.51. The number of ketones is 1. The summed E-state index contributed by atoms with van der Waals surface area (Å²) in [5, 5.41) is 6.47. The van der Waals surface area contributed by atoms with Crippen molar-refractivity contribution in [3.05, 3.63) is 36.2 Å². The van der Waals surface area contributed by atoms with Crippen molar-refractivity contribution in [3.63, 3.8) is 0 Å². The maximum atomic E-state index is 13.3. The summed E-state index contributed by atoms with van der Waals surface area (Å²) in [4.78, 5) is 44.9. The molecule has 1 aromatic carbocycles. The number of morpholine rings is 1. The van der Waals surface area contributed by atoms with Crippen LogP contribution in [-0.4, -0.2) is 84.9 Å². The lowest BCUT2D eigenvalue weighted by atomic mass is 10.0. The molecule has 1 fully saturated rings. The molecule has 0 spiro atoms. The van der Waals surface area contributed by atoms with Crippen molar-refractivity contribution in [2.24, 2.45) is 11.8 Å². The second kappa shape index (κ2) is 12.9. The number of sulfone groups is 1. The van der Waals surface area contributed by atoms with Gasteiger partial charge in [0.25, 0.3) is 5.89 Å². The SMILES string of the molecule is CCC(NC(=O)C(CC(=O)N1CCOCC1)CS(=O)(=O)CC(C)C)C(=O)c1nc(-c2ccccc2)no1. The largest absolute Gasteiger partial charge is 0.378 e. The quantitative estimate of drug-likeness (QED) is 0.402. The zero-order chi connectivity index (χ0) is 27.0. The van der Waals surface area contributed by atoms with Gasteiger partial charge in [-0.25, -0.2) is 8.42 Å². The number of carbonyl (C=O) groups is 3. The molecule has 37 heavy (non-hydrogen) atoms. The van der Waals surface area contributed by atoms with Crippen LogP contribution in [0.1, 0.15) is 44.3 Å². The first-order chi connectivity index (χ1) is 17.6. The number of aromatic nitrogens is 2. The van der Waals surface area contributed by atoms with Gasteiger partial charge in [0.15, 0.2) is 9.84 Å². The van der Waals surface area contributed by atoms with E-state index in [9.17, 15) is 22.8 Å². The van der Waals surface area contributed by atoms with Crippen LogP contribution in [0.3, 0.4) is 0 Å². The summed E-state index contributed by atoms with van der Waals surface area (Å²) in [7, 11) is -3.63. The second-order valence-electron chi connectivity index (χ2n) is 9.49. The molecule has 1 aliphatic rings. The van der Waals surface area contributed by atoms with Crippen molar-refractivity contribution in [1.29, 1.82) is 0 Å². The Labute approximate surface area is 216 Å². The van der Waals surface area contributed by atoms with Crippen molar-refractivity contribution in [3.8, 4) is 11.4 Å². The highest BCUT2D eigenvalue weighted by Crippen LogP contribution is 2.18. The van der Waals surface area contributed by atoms with Gasteiger partial charge in [0.1, 0.15) is 0 Å². The molecule has 0 radical (unpaired) electrons. The number of nitrogens with one attached hydrogen (secondary N) is 1.